The summed E-state index contributed by atoms with van der Waals surface area (Å²) in [7, 11) is 1.54. The van der Waals surface area contributed by atoms with E-state index in [4.69, 9.17) is 4.74 Å². The van der Waals surface area contributed by atoms with Gasteiger partial charge in [-0.2, -0.15) is 0 Å². The van der Waals surface area contributed by atoms with Crippen LogP contribution in [0.25, 0.3) is 10.9 Å². The number of nitrogens with zero attached hydrogens (tertiary/aromatic N) is 2. The van der Waals surface area contributed by atoms with Gasteiger partial charge in [0.25, 0.3) is 5.56 Å². The Bertz CT molecular complexity index is 1280. The van der Waals surface area contributed by atoms with Gasteiger partial charge in [-0.15, -0.1) is 0 Å². The zero-order valence-corrected chi connectivity index (χ0v) is 19.5. The highest BCUT2D eigenvalue weighted by atomic mass is 16.5. The Morgan fingerprint density at radius 1 is 0.971 bits per heavy atom. The Kier molecular flexibility index (Phi) is 8.61. The van der Waals surface area contributed by atoms with Crippen molar-refractivity contribution in [2.45, 2.75) is 45.7 Å². The molecule has 1 heterocycles. The van der Waals surface area contributed by atoms with Gasteiger partial charge in [0.2, 0.25) is 11.8 Å². The van der Waals surface area contributed by atoms with Gasteiger partial charge < -0.3 is 15.4 Å². The van der Waals surface area contributed by atoms with E-state index in [9.17, 15) is 19.2 Å². The molecule has 0 fully saturated rings. The van der Waals surface area contributed by atoms with Crippen molar-refractivity contribution in [3.8, 4) is 5.75 Å². The molecule has 0 atom stereocenters. The number of anilines is 1. The first-order valence-corrected chi connectivity index (χ1v) is 11.4. The van der Waals surface area contributed by atoms with Gasteiger partial charge in [0.1, 0.15) is 12.3 Å². The maximum Gasteiger partial charge on any atom is 0.331 e. The van der Waals surface area contributed by atoms with E-state index in [1.807, 2.05) is 6.92 Å². The maximum absolute atomic E-state index is 13.2. The number of rotatable bonds is 11. The van der Waals surface area contributed by atoms with Gasteiger partial charge in [-0.25, -0.2) is 4.79 Å². The van der Waals surface area contributed by atoms with E-state index < -0.39 is 17.2 Å². The highest BCUT2D eigenvalue weighted by Gasteiger charge is 2.15. The summed E-state index contributed by atoms with van der Waals surface area (Å²) in [6.45, 7) is 2.53. The van der Waals surface area contributed by atoms with Crippen molar-refractivity contribution in [3.63, 3.8) is 0 Å². The van der Waals surface area contributed by atoms with Crippen LogP contribution in [-0.4, -0.2) is 34.6 Å². The maximum atomic E-state index is 13.2. The first kappa shape index (κ1) is 24.8. The van der Waals surface area contributed by atoms with Crippen LogP contribution < -0.4 is 26.6 Å². The Morgan fingerprint density at radius 2 is 1.76 bits per heavy atom. The molecule has 3 rings (SSSR count). The number of fused-ring (bicyclic) bond motifs is 1. The lowest BCUT2D eigenvalue weighted by atomic mass is 10.2. The summed E-state index contributed by atoms with van der Waals surface area (Å²) in [5.41, 5.74) is -0.0229. The predicted octanol–water partition coefficient (Wildman–Crippen LogP) is 2.51. The van der Waals surface area contributed by atoms with Crippen molar-refractivity contribution in [3.05, 3.63) is 69.4 Å². The number of hydrogen-bond donors (Lipinski definition) is 2. The van der Waals surface area contributed by atoms with Crippen molar-refractivity contribution < 1.29 is 14.3 Å². The van der Waals surface area contributed by atoms with E-state index in [-0.39, 0.29) is 19.0 Å². The summed E-state index contributed by atoms with van der Waals surface area (Å²) >= 11 is 0. The molecule has 3 aromatic rings. The molecule has 0 aliphatic carbocycles. The average molecular weight is 467 g/mol. The number of para-hydroxylation sites is 1. The van der Waals surface area contributed by atoms with Crippen LogP contribution in [0.15, 0.2) is 58.1 Å². The molecule has 0 radical (unpaired) electrons. The smallest absolute Gasteiger partial charge is 0.331 e. The highest BCUT2D eigenvalue weighted by Crippen LogP contribution is 2.17. The molecule has 9 heteroatoms. The average Bonchev–Trinajstić information content (AvgIpc) is 2.84. The van der Waals surface area contributed by atoms with Gasteiger partial charge in [0.15, 0.2) is 0 Å². The van der Waals surface area contributed by atoms with Crippen LogP contribution >= 0.6 is 0 Å². The zero-order valence-electron chi connectivity index (χ0n) is 19.5. The van der Waals surface area contributed by atoms with Crippen LogP contribution in [-0.2, 0) is 22.7 Å². The molecule has 0 aliphatic heterocycles. The van der Waals surface area contributed by atoms with Gasteiger partial charge >= 0.3 is 5.69 Å². The first-order valence-electron chi connectivity index (χ1n) is 11.4. The standard InChI is InChI=1S/C25H30N4O5/c1-3-14-26-22(30)13-6-7-15-28-24(32)20-11-4-5-12-21(20)29(25(28)33)17-23(31)27-18-9-8-10-19(16-18)34-2/h4-5,8-12,16H,3,6-7,13-15,17H2,1-2H3,(H,26,30)(H,27,31). The summed E-state index contributed by atoms with van der Waals surface area (Å²) in [5.74, 6) is 0.148. The number of methoxy groups -OCH3 is 1. The van der Waals surface area contributed by atoms with Gasteiger partial charge in [0.05, 0.1) is 18.0 Å². The highest BCUT2D eigenvalue weighted by molar-refractivity contribution is 5.91. The van der Waals surface area contributed by atoms with E-state index in [0.717, 1.165) is 11.0 Å². The number of benzene rings is 2. The number of nitrogens with one attached hydrogen (secondary N) is 2. The van der Waals surface area contributed by atoms with Crippen LogP contribution in [0.4, 0.5) is 5.69 Å². The summed E-state index contributed by atoms with van der Waals surface area (Å²) < 4.78 is 7.62. The van der Waals surface area contributed by atoms with Gasteiger partial charge in [-0.1, -0.05) is 25.1 Å². The monoisotopic (exact) mass is 466 g/mol. The summed E-state index contributed by atoms with van der Waals surface area (Å²) in [4.78, 5) is 50.7. The van der Waals surface area contributed by atoms with E-state index in [1.54, 1.807) is 48.5 Å². The SMILES string of the molecule is CCCNC(=O)CCCCn1c(=O)c2ccccc2n(CC(=O)Nc2cccc(OC)c2)c1=O. The lowest BCUT2D eigenvalue weighted by Crippen LogP contribution is -2.41. The third-order valence-electron chi connectivity index (χ3n) is 5.40. The van der Waals surface area contributed by atoms with E-state index in [2.05, 4.69) is 10.6 Å². The number of unbranched alkanes of at least 4 members (excludes halogenated alkanes) is 1. The molecule has 9 nitrogen and oxygen atoms in total. The zero-order chi connectivity index (χ0) is 24.5. The van der Waals surface area contributed by atoms with Crippen molar-refractivity contribution in [1.29, 1.82) is 0 Å². The molecule has 0 spiro atoms. The molecule has 0 saturated heterocycles. The second kappa shape index (κ2) is 11.8. The Morgan fingerprint density at radius 3 is 2.53 bits per heavy atom. The molecule has 0 bridgehead atoms. The van der Waals surface area contributed by atoms with Crippen molar-refractivity contribution >= 4 is 28.4 Å². The number of carbonyl (C=O) groups is 2. The fourth-order valence-electron chi connectivity index (χ4n) is 3.67. The van der Waals surface area contributed by atoms with Crippen LogP contribution in [0.3, 0.4) is 0 Å². The molecule has 0 aliphatic rings. The Labute approximate surface area is 197 Å². The Hall–Kier alpha value is -3.88. The molecule has 180 valence electrons. The van der Waals surface area contributed by atoms with E-state index in [1.165, 1.54) is 11.7 Å². The second-order valence-electron chi connectivity index (χ2n) is 7.93. The van der Waals surface area contributed by atoms with Crippen LogP contribution in [0, 0.1) is 0 Å². The molecule has 0 saturated carbocycles. The van der Waals surface area contributed by atoms with Crippen molar-refractivity contribution in [1.82, 2.24) is 14.5 Å². The van der Waals surface area contributed by atoms with Crippen molar-refractivity contribution in [2.24, 2.45) is 0 Å². The summed E-state index contributed by atoms with van der Waals surface area (Å²) in [5, 5.41) is 5.93. The van der Waals surface area contributed by atoms with Crippen LogP contribution in [0.5, 0.6) is 5.75 Å². The van der Waals surface area contributed by atoms with Crippen LogP contribution in [0.1, 0.15) is 32.6 Å². The molecule has 2 N–H and O–H groups in total. The minimum Gasteiger partial charge on any atom is -0.497 e. The first-order chi connectivity index (χ1) is 16.4. The molecule has 2 aromatic carbocycles. The van der Waals surface area contributed by atoms with E-state index in [0.29, 0.717) is 48.1 Å². The molecular weight excluding hydrogens is 436 g/mol. The summed E-state index contributed by atoms with van der Waals surface area (Å²) in [6.07, 6.45) is 2.23. The summed E-state index contributed by atoms with van der Waals surface area (Å²) in [6, 6.07) is 13.6. The van der Waals surface area contributed by atoms with Crippen molar-refractivity contribution in [2.75, 3.05) is 19.0 Å². The van der Waals surface area contributed by atoms with Gasteiger partial charge in [-0.3, -0.25) is 23.5 Å². The minimum atomic E-state index is -0.556. The number of carbonyl (C=O) groups excluding carboxylic acids is 2. The van der Waals surface area contributed by atoms with Gasteiger partial charge in [-0.05, 0) is 43.5 Å². The third kappa shape index (κ3) is 6.12. The molecular formula is C25H30N4O5. The number of ether oxygens (including phenoxy) is 1. The predicted molar refractivity (Wildman–Crippen MR) is 131 cm³/mol. The third-order valence-corrected chi connectivity index (χ3v) is 5.40. The topological polar surface area (TPSA) is 111 Å². The fourth-order valence-corrected chi connectivity index (χ4v) is 3.67. The molecule has 2 amide bonds. The lowest BCUT2D eigenvalue weighted by molar-refractivity contribution is -0.121. The van der Waals surface area contributed by atoms with Crippen LogP contribution in [0.2, 0.25) is 0 Å². The Balaban J connectivity index is 1.80. The number of hydrogen-bond acceptors (Lipinski definition) is 5. The lowest BCUT2D eigenvalue weighted by Gasteiger charge is -2.14. The molecule has 34 heavy (non-hydrogen) atoms. The van der Waals surface area contributed by atoms with Gasteiger partial charge in [0, 0.05) is 31.3 Å². The molecule has 1 aromatic heterocycles. The fraction of sp³-hybridized carbons (Fsp3) is 0.360. The largest absolute Gasteiger partial charge is 0.497 e. The number of aromatic nitrogens is 2. The minimum absolute atomic E-state index is 0.0423. The normalized spacial score (nSPS) is 10.8. The quantitative estimate of drug-likeness (QED) is 0.422. The number of amides is 2. The second-order valence-corrected chi connectivity index (χ2v) is 7.93. The molecule has 0 unspecified atom stereocenters. The van der Waals surface area contributed by atoms with E-state index >= 15 is 0 Å².